The Labute approximate surface area is 171 Å². The molecule has 4 nitrogen and oxygen atoms in total. The van der Waals surface area contributed by atoms with E-state index in [2.05, 4.69) is 30.3 Å². The molecule has 2 aliphatic rings. The molecule has 1 aromatic carbocycles. The molecule has 2 aliphatic heterocycles. The van der Waals surface area contributed by atoms with Crippen molar-refractivity contribution in [3.8, 4) is 0 Å². The number of carbonyl (C=O) groups is 1. The van der Waals surface area contributed by atoms with Crippen LogP contribution in [0.1, 0.15) is 38.5 Å². The van der Waals surface area contributed by atoms with Gasteiger partial charge in [-0.15, -0.1) is 11.8 Å². The quantitative estimate of drug-likeness (QED) is 0.248. The third-order valence-corrected chi connectivity index (χ3v) is 7.92. The van der Waals surface area contributed by atoms with E-state index < -0.39 is 0 Å². The molecule has 1 amide bonds. The number of carbonyl (C=O) groups excluding carboxylic acids is 1. The maximum Gasteiger partial charge on any atom is 0.245 e. The fraction of sp³-hybridized carbons (Fsp3) is 0.667. The van der Waals surface area contributed by atoms with E-state index in [0.717, 1.165) is 24.3 Å². The number of amides is 1. The van der Waals surface area contributed by atoms with E-state index in [9.17, 15) is 4.79 Å². The average Bonchev–Trinajstić information content (AvgIpc) is 3.28. The van der Waals surface area contributed by atoms with Crippen LogP contribution in [0.15, 0.2) is 35.2 Å². The topological polar surface area (TPSA) is 49.8 Å². The van der Waals surface area contributed by atoms with Gasteiger partial charge < -0.3 is 4.74 Å². The SMILES string of the molecule is CN(O)C(=O)CCCCSCC[C@@H]1[C@H](CSc2ccccc2)[C@@H]2CC[C@H]1O2. The fourth-order valence-electron chi connectivity index (χ4n) is 4.17. The standard InChI is InChI=1S/C21H31NO3S2/c1-22(24)21(23)9-5-6-13-26-14-12-17-18(20-11-10-19(17)25-20)15-27-16-7-3-2-4-8-16/h2-4,7-8,17-20,24H,5-6,9-15H2,1H3/t17-,18+,19-,20+/m1/s1. The van der Waals surface area contributed by atoms with Crippen LogP contribution in [-0.4, -0.2) is 52.7 Å². The number of hydrogen-bond acceptors (Lipinski definition) is 5. The summed E-state index contributed by atoms with van der Waals surface area (Å²) < 4.78 is 6.24. The molecule has 0 unspecified atom stereocenters. The van der Waals surface area contributed by atoms with Crippen LogP contribution < -0.4 is 0 Å². The predicted molar refractivity (Wildman–Crippen MR) is 112 cm³/mol. The van der Waals surface area contributed by atoms with Gasteiger partial charge in [0.2, 0.25) is 5.91 Å². The van der Waals surface area contributed by atoms with E-state index in [1.807, 2.05) is 23.5 Å². The van der Waals surface area contributed by atoms with Gasteiger partial charge in [-0.2, -0.15) is 11.8 Å². The number of nitrogens with zero attached hydrogens (tertiary/aromatic N) is 1. The number of hydrogen-bond donors (Lipinski definition) is 1. The Bertz CT molecular complexity index is 584. The molecule has 27 heavy (non-hydrogen) atoms. The molecule has 0 radical (unpaired) electrons. The van der Waals surface area contributed by atoms with Crippen molar-refractivity contribution in [2.45, 2.75) is 55.6 Å². The Morgan fingerprint density at radius 2 is 1.89 bits per heavy atom. The molecule has 150 valence electrons. The molecule has 0 spiro atoms. The molecule has 2 heterocycles. The fourth-order valence-corrected chi connectivity index (χ4v) is 6.42. The van der Waals surface area contributed by atoms with Gasteiger partial charge in [-0.1, -0.05) is 18.2 Å². The van der Waals surface area contributed by atoms with Crippen LogP contribution in [0.3, 0.4) is 0 Å². The molecule has 2 saturated heterocycles. The summed E-state index contributed by atoms with van der Waals surface area (Å²) in [4.78, 5) is 12.7. The molecule has 0 saturated carbocycles. The second kappa shape index (κ2) is 10.7. The first-order chi connectivity index (χ1) is 13.1. The number of ether oxygens (including phenoxy) is 1. The maximum atomic E-state index is 11.3. The molecule has 2 fully saturated rings. The van der Waals surface area contributed by atoms with Crippen molar-refractivity contribution >= 4 is 29.4 Å². The lowest BCUT2D eigenvalue weighted by Gasteiger charge is -2.27. The Morgan fingerprint density at radius 3 is 2.63 bits per heavy atom. The maximum absolute atomic E-state index is 11.3. The summed E-state index contributed by atoms with van der Waals surface area (Å²) in [6, 6.07) is 10.7. The first-order valence-corrected chi connectivity index (χ1v) is 12.2. The molecule has 1 aromatic rings. The van der Waals surface area contributed by atoms with Gasteiger partial charge in [0.25, 0.3) is 0 Å². The van der Waals surface area contributed by atoms with Gasteiger partial charge in [0.15, 0.2) is 0 Å². The van der Waals surface area contributed by atoms with Crippen LogP contribution in [0.5, 0.6) is 0 Å². The third-order valence-electron chi connectivity index (χ3n) is 5.66. The van der Waals surface area contributed by atoms with Crippen molar-refractivity contribution < 1.29 is 14.7 Å². The molecule has 0 aromatic heterocycles. The lowest BCUT2D eigenvalue weighted by atomic mass is 9.79. The normalized spacial score (nSPS) is 26.4. The van der Waals surface area contributed by atoms with E-state index >= 15 is 0 Å². The summed E-state index contributed by atoms with van der Waals surface area (Å²) in [5, 5.41) is 9.73. The van der Waals surface area contributed by atoms with Crippen LogP contribution in [0.4, 0.5) is 0 Å². The van der Waals surface area contributed by atoms with Crippen molar-refractivity contribution in [1.29, 1.82) is 0 Å². The smallest absolute Gasteiger partial charge is 0.245 e. The van der Waals surface area contributed by atoms with Crippen molar-refractivity contribution in [2.24, 2.45) is 11.8 Å². The summed E-state index contributed by atoms with van der Waals surface area (Å²) in [6.07, 6.45) is 6.99. The van der Waals surface area contributed by atoms with Gasteiger partial charge in [0.05, 0.1) is 12.2 Å². The van der Waals surface area contributed by atoms with Gasteiger partial charge >= 0.3 is 0 Å². The van der Waals surface area contributed by atoms with Crippen LogP contribution in [0, 0.1) is 11.8 Å². The zero-order valence-electron chi connectivity index (χ0n) is 16.1. The first kappa shape index (κ1) is 21.0. The number of hydroxylamine groups is 2. The number of fused-ring (bicyclic) bond motifs is 2. The third kappa shape index (κ3) is 6.14. The largest absolute Gasteiger partial charge is 0.374 e. The van der Waals surface area contributed by atoms with E-state index in [4.69, 9.17) is 9.94 Å². The second-order valence-corrected chi connectivity index (χ2v) is 9.84. The molecule has 4 atom stereocenters. The highest BCUT2D eigenvalue weighted by molar-refractivity contribution is 7.99. The minimum atomic E-state index is -0.196. The predicted octanol–water partition coefficient (Wildman–Crippen LogP) is 4.71. The number of benzene rings is 1. The Morgan fingerprint density at radius 1 is 1.15 bits per heavy atom. The highest BCUT2D eigenvalue weighted by Crippen LogP contribution is 2.47. The van der Waals surface area contributed by atoms with E-state index in [-0.39, 0.29) is 5.91 Å². The van der Waals surface area contributed by atoms with Crippen molar-refractivity contribution in [1.82, 2.24) is 5.06 Å². The van der Waals surface area contributed by atoms with Gasteiger partial charge in [0.1, 0.15) is 0 Å². The minimum absolute atomic E-state index is 0.196. The van der Waals surface area contributed by atoms with Gasteiger partial charge in [-0.05, 0) is 67.6 Å². The van der Waals surface area contributed by atoms with Crippen LogP contribution in [0.25, 0.3) is 0 Å². The highest BCUT2D eigenvalue weighted by Gasteiger charge is 2.48. The first-order valence-electron chi connectivity index (χ1n) is 10.0. The second-order valence-electron chi connectivity index (χ2n) is 7.52. The van der Waals surface area contributed by atoms with E-state index in [0.29, 0.717) is 35.5 Å². The van der Waals surface area contributed by atoms with Crippen molar-refractivity contribution in [2.75, 3.05) is 24.3 Å². The zero-order chi connectivity index (χ0) is 19.1. The van der Waals surface area contributed by atoms with E-state index in [1.165, 1.54) is 37.0 Å². The Balaban J connectivity index is 1.34. The summed E-state index contributed by atoms with van der Waals surface area (Å²) in [7, 11) is 1.39. The molecular formula is C21H31NO3S2. The molecule has 3 rings (SSSR count). The molecular weight excluding hydrogens is 378 g/mol. The highest BCUT2D eigenvalue weighted by atomic mass is 32.2. The Hall–Kier alpha value is -0.690. The lowest BCUT2D eigenvalue weighted by Crippen LogP contribution is -2.29. The molecule has 1 N–H and O–H groups in total. The van der Waals surface area contributed by atoms with Crippen molar-refractivity contribution in [3.63, 3.8) is 0 Å². The molecule has 2 bridgehead atoms. The number of unbranched alkanes of at least 4 members (excludes halogenated alkanes) is 1. The monoisotopic (exact) mass is 409 g/mol. The molecule has 6 heteroatoms. The number of thioether (sulfide) groups is 2. The van der Waals surface area contributed by atoms with Gasteiger partial charge in [0, 0.05) is 24.1 Å². The number of rotatable bonds is 11. The zero-order valence-corrected chi connectivity index (χ0v) is 17.7. The van der Waals surface area contributed by atoms with E-state index in [1.54, 1.807) is 0 Å². The lowest BCUT2D eigenvalue weighted by molar-refractivity contribution is -0.159. The summed E-state index contributed by atoms with van der Waals surface area (Å²) in [5.74, 6) is 4.63. The van der Waals surface area contributed by atoms with Crippen LogP contribution in [0.2, 0.25) is 0 Å². The van der Waals surface area contributed by atoms with Crippen molar-refractivity contribution in [3.05, 3.63) is 30.3 Å². The average molecular weight is 410 g/mol. The van der Waals surface area contributed by atoms with Crippen LogP contribution in [-0.2, 0) is 9.53 Å². The minimum Gasteiger partial charge on any atom is -0.374 e. The summed E-state index contributed by atoms with van der Waals surface area (Å²) in [6.45, 7) is 0. The molecule has 0 aliphatic carbocycles. The summed E-state index contributed by atoms with van der Waals surface area (Å²) in [5.41, 5.74) is 0. The van der Waals surface area contributed by atoms with Gasteiger partial charge in [-0.25, -0.2) is 5.06 Å². The Kier molecular flexibility index (Phi) is 8.37. The van der Waals surface area contributed by atoms with Crippen LogP contribution >= 0.6 is 23.5 Å². The summed E-state index contributed by atoms with van der Waals surface area (Å²) >= 11 is 3.97. The van der Waals surface area contributed by atoms with Gasteiger partial charge in [-0.3, -0.25) is 10.0 Å².